The zero-order valence-electron chi connectivity index (χ0n) is 6.17. The van der Waals surface area contributed by atoms with E-state index in [4.69, 9.17) is 0 Å². The number of carbonyl (C=O) groups excluding carboxylic acids is 2. The second kappa shape index (κ2) is 5.07. The molecular formula is C7H9BrO3. The molecule has 11 heavy (non-hydrogen) atoms. The van der Waals surface area contributed by atoms with Gasteiger partial charge in [0.25, 0.3) is 5.78 Å². The fraction of sp³-hybridized carbons (Fsp3) is 0.429. The van der Waals surface area contributed by atoms with Crippen LogP contribution in [0.25, 0.3) is 0 Å². The van der Waals surface area contributed by atoms with Crippen LogP contribution in [0.5, 0.6) is 0 Å². The van der Waals surface area contributed by atoms with Crippen molar-refractivity contribution in [2.45, 2.75) is 11.8 Å². The molecule has 0 aliphatic heterocycles. The molecule has 0 aliphatic carbocycles. The van der Waals surface area contributed by atoms with Crippen molar-refractivity contribution < 1.29 is 14.3 Å². The molecule has 0 aliphatic rings. The molecule has 0 N–H and O–H groups in total. The number of carbonyl (C=O) groups is 2. The minimum absolute atomic E-state index is 0.0737. The van der Waals surface area contributed by atoms with Crippen LogP contribution < -0.4 is 0 Å². The Kier molecular flexibility index (Phi) is 4.77. The van der Waals surface area contributed by atoms with Crippen LogP contribution in [0.15, 0.2) is 12.7 Å². The fourth-order valence-corrected chi connectivity index (χ4v) is 0.555. The van der Waals surface area contributed by atoms with E-state index in [1.54, 1.807) is 6.92 Å². The Morgan fingerprint density at radius 3 is 2.64 bits per heavy atom. The average molecular weight is 221 g/mol. The van der Waals surface area contributed by atoms with E-state index in [1.807, 2.05) is 0 Å². The number of Topliss-reactive ketones (excluding diaryl/α,β-unsaturated/α-hetero) is 1. The summed E-state index contributed by atoms with van der Waals surface area (Å²) in [6.07, 6.45) is 1.41. The molecule has 0 bridgehead atoms. The van der Waals surface area contributed by atoms with Crippen molar-refractivity contribution in [3.05, 3.63) is 12.7 Å². The summed E-state index contributed by atoms with van der Waals surface area (Å²) in [4.78, 5) is 21.0. The van der Waals surface area contributed by atoms with Gasteiger partial charge in [-0.05, 0) is 6.92 Å². The highest BCUT2D eigenvalue weighted by Crippen LogP contribution is 2.00. The standard InChI is InChI=1S/C7H9BrO3/c1-3-4-11-7(10)6(9)5(2)8/h3,5H,1,4H2,2H3. The summed E-state index contributed by atoms with van der Waals surface area (Å²) in [7, 11) is 0. The minimum atomic E-state index is -0.825. The molecule has 0 rings (SSSR count). The van der Waals surface area contributed by atoms with Gasteiger partial charge in [-0.15, -0.1) is 0 Å². The number of ether oxygens (including phenoxy) is 1. The maximum Gasteiger partial charge on any atom is 0.376 e. The molecule has 1 atom stereocenters. The van der Waals surface area contributed by atoms with E-state index in [-0.39, 0.29) is 6.61 Å². The van der Waals surface area contributed by atoms with Gasteiger partial charge in [0.1, 0.15) is 6.61 Å². The Morgan fingerprint density at radius 1 is 1.73 bits per heavy atom. The Balaban J connectivity index is 3.83. The summed E-state index contributed by atoms with van der Waals surface area (Å²) >= 11 is 2.96. The van der Waals surface area contributed by atoms with Crippen LogP contribution in [0.4, 0.5) is 0 Å². The van der Waals surface area contributed by atoms with E-state index in [1.165, 1.54) is 6.08 Å². The zero-order chi connectivity index (χ0) is 8.85. The van der Waals surface area contributed by atoms with E-state index >= 15 is 0 Å². The third kappa shape index (κ3) is 3.93. The topological polar surface area (TPSA) is 43.4 Å². The molecule has 0 aromatic heterocycles. The molecule has 0 radical (unpaired) electrons. The van der Waals surface area contributed by atoms with Gasteiger partial charge >= 0.3 is 5.97 Å². The molecule has 0 amide bonds. The van der Waals surface area contributed by atoms with Gasteiger partial charge in [-0.1, -0.05) is 28.6 Å². The first-order valence-corrected chi connectivity index (χ1v) is 3.97. The zero-order valence-corrected chi connectivity index (χ0v) is 7.76. The molecule has 0 fully saturated rings. The third-order valence-electron chi connectivity index (χ3n) is 0.895. The summed E-state index contributed by atoms with van der Waals surface area (Å²) in [5.74, 6) is -1.40. The van der Waals surface area contributed by atoms with Crippen molar-refractivity contribution in [1.29, 1.82) is 0 Å². The molecule has 0 heterocycles. The summed E-state index contributed by atoms with van der Waals surface area (Å²) in [6.45, 7) is 4.98. The average Bonchev–Trinajstić information content (AvgIpc) is 1.98. The first-order valence-electron chi connectivity index (χ1n) is 3.05. The number of rotatable bonds is 4. The molecule has 0 saturated heterocycles. The van der Waals surface area contributed by atoms with Gasteiger partial charge in [0.15, 0.2) is 0 Å². The molecule has 3 nitrogen and oxygen atoms in total. The van der Waals surface area contributed by atoms with Crippen LogP contribution in [0.2, 0.25) is 0 Å². The number of esters is 1. The van der Waals surface area contributed by atoms with E-state index in [0.717, 1.165) is 0 Å². The molecule has 0 saturated carbocycles. The first-order chi connectivity index (χ1) is 5.09. The van der Waals surface area contributed by atoms with Gasteiger partial charge in [-0.25, -0.2) is 4.79 Å². The van der Waals surface area contributed by atoms with Crippen LogP contribution in [-0.2, 0) is 14.3 Å². The summed E-state index contributed by atoms with van der Waals surface area (Å²) < 4.78 is 4.48. The fourth-order valence-electron chi connectivity index (χ4n) is 0.368. The first kappa shape index (κ1) is 10.4. The number of hydrogen-bond donors (Lipinski definition) is 0. The molecule has 0 spiro atoms. The smallest absolute Gasteiger partial charge is 0.376 e. The molecule has 4 heteroatoms. The van der Waals surface area contributed by atoms with Crippen molar-refractivity contribution in [3.63, 3.8) is 0 Å². The highest BCUT2D eigenvalue weighted by atomic mass is 79.9. The van der Waals surface area contributed by atoms with Gasteiger partial charge in [0.2, 0.25) is 0 Å². The van der Waals surface area contributed by atoms with E-state index < -0.39 is 16.6 Å². The van der Waals surface area contributed by atoms with Crippen LogP contribution in [0, 0.1) is 0 Å². The van der Waals surface area contributed by atoms with Gasteiger partial charge in [-0.2, -0.15) is 0 Å². The highest BCUT2D eigenvalue weighted by Gasteiger charge is 2.19. The van der Waals surface area contributed by atoms with Gasteiger partial charge < -0.3 is 4.74 Å². The second-order valence-electron chi connectivity index (χ2n) is 1.87. The predicted molar refractivity (Wildman–Crippen MR) is 44.6 cm³/mol. The molecule has 0 aromatic carbocycles. The van der Waals surface area contributed by atoms with Gasteiger partial charge in [0.05, 0.1) is 4.83 Å². The lowest BCUT2D eigenvalue weighted by Crippen LogP contribution is -2.23. The lowest BCUT2D eigenvalue weighted by molar-refractivity contribution is -0.152. The quantitative estimate of drug-likeness (QED) is 0.308. The van der Waals surface area contributed by atoms with E-state index in [0.29, 0.717) is 0 Å². The maximum absolute atomic E-state index is 10.8. The second-order valence-corrected chi connectivity index (χ2v) is 3.24. The Bertz CT molecular complexity index is 175. The molecule has 0 aromatic rings. The number of alkyl halides is 1. The Hall–Kier alpha value is -0.640. The molecule has 1 unspecified atom stereocenters. The van der Waals surface area contributed by atoms with Crippen LogP contribution in [0.3, 0.4) is 0 Å². The third-order valence-corrected chi connectivity index (χ3v) is 1.31. The SMILES string of the molecule is C=CCOC(=O)C(=O)C(C)Br. The largest absolute Gasteiger partial charge is 0.456 e. The van der Waals surface area contributed by atoms with Crippen molar-refractivity contribution in [3.8, 4) is 0 Å². The van der Waals surface area contributed by atoms with Gasteiger partial charge in [-0.3, -0.25) is 4.79 Å². The van der Waals surface area contributed by atoms with Gasteiger partial charge in [0, 0.05) is 0 Å². The van der Waals surface area contributed by atoms with Crippen LogP contribution in [-0.4, -0.2) is 23.2 Å². The van der Waals surface area contributed by atoms with Crippen LogP contribution >= 0.6 is 15.9 Å². The van der Waals surface area contributed by atoms with Crippen LogP contribution in [0.1, 0.15) is 6.92 Å². The van der Waals surface area contributed by atoms with Crippen molar-refractivity contribution in [1.82, 2.24) is 0 Å². The van der Waals surface area contributed by atoms with E-state index in [9.17, 15) is 9.59 Å². The highest BCUT2D eigenvalue weighted by molar-refractivity contribution is 9.10. The van der Waals surface area contributed by atoms with Crippen molar-refractivity contribution >= 4 is 27.7 Å². The Morgan fingerprint density at radius 2 is 2.27 bits per heavy atom. The predicted octanol–water partition coefficient (Wildman–Crippen LogP) is 1.07. The van der Waals surface area contributed by atoms with Crippen molar-refractivity contribution in [2.75, 3.05) is 6.61 Å². The lowest BCUT2D eigenvalue weighted by Gasteiger charge is -2.00. The monoisotopic (exact) mass is 220 g/mol. The number of ketones is 1. The van der Waals surface area contributed by atoms with E-state index in [2.05, 4.69) is 27.2 Å². The molecular weight excluding hydrogens is 212 g/mol. The summed E-state index contributed by atoms with van der Waals surface area (Å²) in [5.41, 5.74) is 0. The number of hydrogen-bond acceptors (Lipinski definition) is 3. The number of halogens is 1. The minimum Gasteiger partial charge on any atom is -0.456 e. The maximum atomic E-state index is 10.8. The summed E-state index contributed by atoms with van der Waals surface area (Å²) in [5, 5.41) is 0. The lowest BCUT2D eigenvalue weighted by atomic mass is 10.3. The van der Waals surface area contributed by atoms with Crippen molar-refractivity contribution in [2.24, 2.45) is 0 Å². The summed E-state index contributed by atoms with van der Waals surface area (Å²) in [6, 6.07) is 0. The Labute approximate surface area is 73.5 Å². The molecule has 62 valence electrons. The normalized spacial score (nSPS) is 11.8.